The van der Waals surface area contributed by atoms with Gasteiger partial charge in [-0.15, -0.1) is 0 Å². The van der Waals surface area contributed by atoms with E-state index in [0.717, 1.165) is 32.1 Å². The average Bonchev–Trinajstić information content (AvgIpc) is 2.86. The summed E-state index contributed by atoms with van der Waals surface area (Å²) in [5.74, 6) is 1.21. The SMILES string of the molecule is COc1cc(C(=O)N2C3CCCC2CC(NCC(=O)Nc2ccccc2Cl)C3)cc(OC)c1OC. The molecule has 2 aromatic carbocycles. The molecule has 188 valence electrons. The lowest BCUT2D eigenvalue weighted by Crippen LogP contribution is -2.58. The molecule has 2 bridgehead atoms. The zero-order valence-corrected chi connectivity index (χ0v) is 21.1. The number of anilines is 1. The molecule has 2 atom stereocenters. The molecule has 0 aromatic heterocycles. The number of para-hydroxylation sites is 1. The minimum absolute atomic E-state index is 0.0335. The summed E-state index contributed by atoms with van der Waals surface area (Å²) in [6.07, 6.45) is 4.57. The van der Waals surface area contributed by atoms with E-state index >= 15 is 0 Å². The highest BCUT2D eigenvalue weighted by Gasteiger charge is 2.41. The fourth-order valence-corrected chi connectivity index (χ4v) is 5.41. The molecule has 35 heavy (non-hydrogen) atoms. The summed E-state index contributed by atoms with van der Waals surface area (Å²) in [4.78, 5) is 28.1. The molecular formula is C26H32ClN3O5. The predicted octanol–water partition coefficient (Wildman–Crippen LogP) is 4.12. The van der Waals surface area contributed by atoms with Crippen LogP contribution in [0.15, 0.2) is 36.4 Å². The van der Waals surface area contributed by atoms with Crippen LogP contribution in [0.4, 0.5) is 5.69 Å². The summed E-state index contributed by atoms with van der Waals surface area (Å²) in [6, 6.07) is 11.0. The van der Waals surface area contributed by atoms with Crippen molar-refractivity contribution in [2.24, 2.45) is 0 Å². The fourth-order valence-electron chi connectivity index (χ4n) is 5.23. The number of halogens is 1. The van der Waals surface area contributed by atoms with Crippen molar-refractivity contribution in [2.75, 3.05) is 33.2 Å². The number of ether oxygens (including phenoxy) is 3. The molecule has 0 radical (unpaired) electrons. The Bertz CT molecular complexity index is 1040. The maximum atomic E-state index is 13.6. The summed E-state index contributed by atoms with van der Waals surface area (Å²) in [5, 5.41) is 6.75. The Morgan fingerprint density at radius 1 is 1.00 bits per heavy atom. The van der Waals surface area contributed by atoms with Gasteiger partial charge in [-0.1, -0.05) is 23.7 Å². The highest BCUT2D eigenvalue weighted by molar-refractivity contribution is 6.33. The van der Waals surface area contributed by atoms with Crippen molar-refractivity contribution >= 4 is 29.1 Å². The van der Waals surface area contributed by atoms with Gasteiger partial charge >= 0.3 is 0 Å². The predicted molar refractivity (Wildman–Crippen MR) is 135 cm³/mol. The third-order valence-electron chi connectivity index (χ3n) is 6.82. The molecule has 2 fully saturated rings. The zero-order valence-electron chi connectivity index (χ0n) is 20.3. The minimum atomic E-state index is -0.140. The zero-order chi connectivity index (χ0) is 24.9. The van der Waals surface area contributed by atoms with Crippen molar-refractivity contribution in [1.82, 2.24) is 10.2 Å². The van der Waals surface area contributed by atoms with Gasteiger partial charge in [0.25, 0.3) is 5.91 Å². The van der Waals surface area contributed by atoms with Crippen LogP contribution in [-0.4, -0.2) is 62.7 Å². The number of methoxy groups -OCH3 is 3. The van der Waals surface area contributed by atoms with E-state index in [1.807, 2.05) is 17.0 Å². The number of amides is 2. The average molecular weight is 502 g/mol. The third-order valence-corrected chi connectivity index (χ3v) is 7.15. The largest absolute Gasteiger partial charge is 0.493 e. The van der Waals surface area contributed by atoms with Crippen molar-refractivity contribution in [3.8, 4) is 17.2 Å². The molecule has 0 spiro atoms. The van der Waals surface area contributed by atoms with Gasteiger partial charge in [-0.2, -0.15) is 0 Å². The highest BCUT2D eigenvalue weighted by Crippen LogP contribution is 2.40. The Hall–Kier alpha value is -2.97. The van der Waals surface area contributed by atoms with Crippen LogP contribution in [0.2, 0.25) is 5.02 Å². The van der Waals surface area contributed by atoms with Crippen molar-refractivity contribution in [3.05, 3.63) is 47.0 Å². The molecule has 9 heteroatoms. The second-order valence-corrected chi connectivity index (χ2v) is 9.35. The lowest BCUT2D eigenvalue weighted by molar-refractivity contribution is -0.115. The van der Waals surface area contributed by atoms with Crippen LogP contribution in [0.25, 0.3) is 0 Å². The van der Waals surface area contributed by atoms with E-state index in [-0.39, 0.29) is 36.5 Å². The minimum Gasteiger partial charge on any atom is -0.493 e. The van der Waals surface area contributed by atoms with E-state index < -0.39 is 0 Å². The molecule has 4 rings (SSSR count). The summed E-state index contributed by atoms with van der Waals surface area (Å²) < 4.78 is 16.3. The monoisotopic (exact) mass is 501 g/mol. The van der Waals surface area contributed by atoms with Crippen LogP contribution in [0.1, 0.15) is 42.5 Å². The number of carbonyl (C=O) groups excluding carboxylic acids is 2. The first kappa shape index (κ1) is 25.1. The van der Waals surface area contributed by atoms with Crippen LogP contribution in [0.5, 0.6) is 17.2 Å². The first-order valence-corrected chi connectivity index (χ1v) is 12.2. The van der Waals surface area contributed by atoms with Crippen LogP contribution >= 0.6 is 11.6 Å². The van der Waals surface area contributed by atoms with Gasteiger partial charge in [-0.25, -0.2) is 0 Å². The lowest BCUT2D eigenvalue weighted by Gasteiger charge is -2.49. The van der Waals surface area contributed by atoms with Gasteiger partial charge in [0.1, 0.15) is 0 Å². The number of nitrogens with zero attached hydrogens (tertiary/aromatic N) is 1. The second-order valence-electron chi connectivity index (χ2n) is 8.94. The van der Waals surface area contributed by atoms with E-state index in [1.165, 1.54) is 0 Å². The molecule has 2 heterocycles. The molecule has 0 aliphatic carbocycles. The number of benzene rings is 2. The van der Waals surface area contributed by atoms with Crippen LogP contribution in [0.3, 0.4) is 0 Å². The first-order valence-electron chi connectivity index (χ1n) is 11.9. The summed E-state index contributed by atoms with van der Waals surface area (Å²) in [7, 11) is 4.62. The van der Waals surface area contributed by atoms with Crippen LogP contribution in [0, 0.1) is 0 Å². The van der Waals surface area contributed by atoms with Gasteiger partial charge in [0.15, 0.2) is 11.5 Å². The molecule has 2 saturated heterocycles. The Morgan fingerprint density at radius 3 is 2.20 bits per heavy atom. The Balaban J connectivity index is 1.42. The van der Waals surface area contributed by atoms with Crippen molar-refractivity contribution in [1.29, 1.82) is 0 Å². The van der Waals surface area contributed by atoms with Crippen molar-refractivity contribution in [3.63, 3.8) is 0 Å². The van der Waals surface area contributed by atoms with E-state index in [1.54, 1.807) is 45.6 Å². The highest BCUT2D eigenvalue weighted by atomic mass is 35.5. The number of fused-ring (bicyclic) bond motifs is 2. The maximum Gasteiger partial charge on any atom is 0.254 e. The molecule has 2 unspecified atom stereocenters. The van der Waals surface area contributed by atoms with Crippen molar-refractivity contribution < 1.29 is 23.8 Å². The van der Waals surface area contributed by atoms with E-state index in [2.05, 4.69) is 10.6 Å². The number of hydrogen-bond acceptors (Lipinski definition) is 6. The number of hydrogen-bond donors (Lipinski definition) is 2. The van der Waals surface area contributed by atoms with Gasteiger partial charge in [-0.05, 0) is 56.4 Å². The Labute approximate surface area is 210 Å². The molecule has 2 aliphatic heterocycles. The molecule has 8 nitrogen and oxygen atoms in total. The van der Waals surface area contributed by atoms with Crippen molar-refractivity contribution in [2.45, 2.75) is 50.2 Å². The molecule has 2 N–H and O–H groups in total. The summed E-state index contributed by atoms with van der Waals surface area (Å²) >= 11 is 6.14. The second kappa shape index (κ2) is 11.2. The molecule has 2 aromatic rings. The Kier molecular flexibility index (Phi) is 8.03. The normalized spacial score (nSPS) is 21.3. The lowest BCUT2D eigenvalue weighted by atomic mass is 9.81. The first-order chi connectivity index (χ1) is 16.9. The third kappa shape index (κ3) is 5.49. The number of nitrogens with one attached hydrogen (secondary N) is 2. The smallest absolute Gasteiger partial charge is 0.254 e. The maximum absolute atomic E-state index is 13.6. The van der Waals surface area contributed by atoms with Crippen LogP contribution in [-0.2, 0) is 4.79 Å². The number of piperidine rings is 2. The standard InChI is InChI=1S/C26H32ClN3O5/c1-33-22-11-16(12-23(34-2)25(22)35-3)26(32)30-18-7-6-8-19(30)14-17(13-18)28-15-24(31)29-21-10-5-4-9-20(21)27/h4-5,9-12,17-19,28H,6-8,13-15H2,1-3H3,(H,29,31). The van der Waals surface area contributed by atoms with E-state index in [0.29, 0.717) is 33.5 Å². The topological polar surface area (TPSA) is 89.1 Å². The van der Waals surface area contributed by atoms with Gasteiger partial charge < -0.3 is 29.7 Å². The Morgan fingerprint density at radius 2 is 1.63 bits per heavy atom. The van der Waals surface area contributed by atoms with Gasteiger partial charge in [0.2, 0.25) is 11.7 Å². The molecular weight excluding hydrogens is 470 g/mol. The van der Waals surface area contributed by atoms with Crippen LogP contribution < -0.4 is 24.8 Å². The van der Waals surface area contributed by atoms with E-state index in [9.17, 15) is 9.59 Å². The quantitative estimate of drug-likeness (QED) is 0.565. The number of carbonyl (C=O) groups is 2. The van der Waals surface area contributed by atoms with Gasteiger partial charge in [0.05, 0.1) is 38.6 Å². The van der Waals surface area contributed by atoms with Gasteiger partial charge in [-0.3, -0.25) is 9.59 Å². The summed E-state index contributed by atoms with van der Waals surface area (Å²) in [5.41, 5.74) is 1.12. The van der Waals surface area contributed by atoms with E-state index in [4.69, 9.17) is 25.8 Å². The molecule has 2 amide bonds. The number of rotatable bonds is 8. The van der Waals surface area contributed by atoms with Gasteiger partial charge in [0, 0.05) is 23.7 Å². The fraction of sp³-hybridized carbons (Fsp3) is 0.462. The summed E-state index contributed by atoms with van der Waals surface area (Å²) in [6.45, 7) is 0.191. The molecule has 0 saturated carbocycles. The molecule has 2 aliphatic rings.